The fourth-order valence-electron chi connectivity index (χ4n) is 1.89. The first-order chi connectivity index (χ1) is 12.2. The average molecular weight is 402 g/mol. The van der Waals surface area contributed by atoms with Gasteiger partial charge in [-0.05, 0) is 39.3 Å². The lowest BCUT2D eigenvalue weighted by Crippen LogP contribution is -2.27. The molecule has 0 radical (unpaired) electrons. The number of aliphatic imine (C=N–C) groups is 1. The molecule has 1 rings (SSSR count). The van der Waals surface area contributed by atoms with Crippen LogP contribution in [0.4, 0.5) is 5.69 Å². The van der Waals surface area contributed by atoms with Gasteiger partial charge in [0, 0.05) is 6.21 Å². The smallest absolute Gasteiger partial charge is 0.341 e. The normalized spacial score (nSPS) is 12.3. The van der Waals surface area contributed by atoms with Crippen LogP contribution >= 0.6 is 23.2 Å². The number of Topliss-reactive ketones (excluding diaryl/α,β-unsaturated/α-hetero) is 1. The molecule has 1 aromatic rings. The number of esters is 2. The number of ketones is 1. The predicted molar refractivity (Wildman–Crippen MR) is 101 cm³/mol. The van der Waals surface area contributed by atoms with Gasteiger partial charge in [0.05, 0.1) is 34.0 Å². The molecule has 0 heterocycles. The maximum Gasteiger partial charge on any atom is 0.341 e. The first-order valence-electron chi connectivity index (χ1n) is 8.09. The lowest BCUT2D eigenvalue weighted by molar-refractivity contribution is -0.151. The van der Waals surface area contributed by atoms with Crippen molar-refractivity contribution in [1.29, 1.82) is 0 Å². The van der Waals surface area contributed by atoms with Crippen LogP contribution in [0.3, 0.4) is 0 Å². The molecule has 0 saturated carbocycles. The van der Waals surface area contributed by atoms with Gasteiger partial charge in [-0.25, -0.2) is 4.79 Å². The van der Waals surface area contributed by atoms with E-state index in [0.717, 1.165) is 6.21 Å². The van der Waals surface area contributed by atoms with Gasteiger partial charge in [0.25, 0.3) is 0 Å². The van der Waals surface area contributed by atoms with Crippen molar-refractivity contribution in [2.24, 2.45) is 10.9 Å². The van der Waals surface area contributed by atoms with Gasteiger partial charge in [-0.15, -0.1) is 0 Å². The van der Waals surface area contributed by atoms with Crippen molar-refractivity contribution in [3.05, 3.63) is 27.7 Å². The van der Waals surface area contributed by atoms with Crippen LogP contribution in [0, 0.1) is 5.92 Å². The van der Waals surface area contributed by atoms with Crippen molar-refractivity contribution >= 4 is 52.8 Å². The van der Waals surface area contributed by atoms with Crippen molar-refractivity contribution < 1.29 is 23.9 Å². The number of ether oxygens (including phenoxy) is 2. The molecule has 26 heavy (non-hydrogen) atoms. The molecule has 0 saturated heterocycles. The Labute approximate surface area is 162 Å². The number of rotatable bonds is 8. The summed E-state index contributed by atoms with van der Waals surface area (Å²) >= 11 is 12.2. The minimum absolute atomic E-state index is 0.0134. The summed E-state index contributed by atoms with van der Waals surface area (Å²) in [5.41, 5.74) is 0.170. The highest BCUT2D eigenvalue weighted by Gasteiger charge is 2.24. The third-order valence-corrected chi connectivity index (χ3v) is 3.82. The number of halogens is 2. The van der Waals surface area contributed by atoms with E-state index in [4.69, 9.17) is 32.7 Å². The highest BCUT2D eigenvalue weighted by atomic mass is 35.5. The topological polar surface area (TPSA) is 82.0 Å². The summed E-state index contributed by atoms with van der Waals surface area (Å²) in [6.45, 7) is 6.70. The molecule has 0 spiro atoms. The second-order valence-electron chi connectivity index (χ2n) is 5.74. The number of carbonyl (C=O) groups excluding carboxylic acids is 3. The van der Waals surface area contributed by atoms with E-state index in [-0.39, 0.29) is 34.0 Å². The maximum absolute atomic E-state index is 12.1. The standard InChI is InChI=1S/C18H21Cl2NO5/c1-5-8-25-18(24)15-13(19)6-7-14(16(15)20)21-9-12(11(4)22)17(23)26-10(2)3/h6-7,9-10,12H,5,8H2,1-4H3. The third kappa shape index (κ3) is 6.11. The average Bonchev–Trinajstić information content (AvgIpc) is 2.54. The molecule has 0 aliphatic carbocycles. The molecule has 0 amide bonds. The van der Waals surface area contributed by atoms with Crippen molar-refractivity contribution in [3.8, 4) is 0 Å². The fourth-order valence-corrected chi connectivity index (χ4v) is 2.46. The Morgan fingerprint density at radius 1 is 1.23 bits per heavy atom. The molecule has 8 heteroatoms. The number of hydrogen-bond donors (Lipinski definition) is 0. The Hall–Kier alpha value is -1.92. The maximum atomic E-state index is 12.1. The van der Waals surface area contributed by atoms with Gasteiger partial charge in [0.2, 0.25) is 0 Å². The van der Waals surface area contributed by atoms with Crippen molar-refractivity contribution in [2.45, 2.75) is 40.2 Å². The first-order valence-corrected chi connectivity index (χ1v) is 8.84. The zero-order chi connectivity index (χ0) is 19.9. The van der Waals surface area contributed by atoms with E-state index in [1.54, 1.807) is 13.8 Å². The molecule has 0 bridgehead atoms. The van der Waals surface area contributed by atoms with Crippen LogP contribution in [-0.4, -0.2) is 36.6 Å². The van der Waals surface area contributed by atoms with E-state index in [2.05, 4.69) is 4.99 Å². The largest absolute Gasteiger partial charge is 0.462 e. The number of hydrogen-bond acceptors (Lipinski definition) is 6. The summed E-state index contributed by atoms with van der Waals surface area (Å²) in [4.78, 5) is 39.9. The lowest BCUT2D eigenvalue weighted by Gasteiger charge is -2.12. The van der Waals surface area contributed by atoms with Gasteiger partial charge in [-0.2, -0.15) is 0 Å². The summed E-state index contributed by atoms with van der Waals surface area (Å²) in [5, 5.41) is 0.103. The molecule has 6 nitrogen and oxygen atoms in total. The van der Waals surface area contributed by atoms with E-state index in [1.165, 1.54) is 19.1 Å². The summed E-state index contributed by atoms with van der Waals surface area (Å²) in [6, 6.07) is 2.92. The van der Waals surface area contributed by atoms with Crippen molar-refractivity contribution in [2.75, 3.05) is 6.61 Å². The van der Waals surface area contributed by atoms with Gasteiger partial charge in [0.15, 0.2) is 5.92 Å². The van der Waals surface area contributed by atoms with Crippen LogP contribution in [0.2, 0.25) is 10.0 Å². The Morgan fingerprint density at radius 2 is 1.88 bits per heavy atom. The van der Waals surface area contributed by atoms with Crippen molar-refractivity contribution in [3.63, 3.8) is 0 Å². The molecular weight excluding hydrogens is 381 g/mol. The summed E-state index contributed by atoms with van der Waals surface area (Å²) < 4.78 is 10.1. The van der Waals surface area contributed by atoms with E-state index >= 15 is 0 Å². The van der Waals surface area contributed by atoms with Gasteiger partial charge in [-0.1, -0.05) is 30.1 Å². The quantitative estimate of drug-likeness (QED) is 0.365. The lowest BCUT2D eigenvalue weighted by atomic mass is 10.1. The highest BCUT2D eigenvalue weighted by Crippen LogP contribution is 2.34. The van der Waals surface area contributed by atoms with Crippen molar-refractivity contribution in [1.82, 2.24) is 0 Å². The molecule has 0 N–H and O–H groups in total. The summed E-state index contributed by atoms with van der Waals surface area (Å²) in [7, 11) is 0. The van der Waals surface area contributed by atoms with E-state index < -0.39 is 23.6 Å². The molecule has 1 aromatic carbocycles. The monoisotopic (exact) mass is 401 g/mol. The Balaban J connectivity index is 3.15. The fraction of sp³-hybridized carbons (Fsp3) is 0.444. The van der Waals surface area contributed by atoms with Gasteiger partial charge >= 0.3 is 11.9 Å². The minimum Gasteiger partial charge on any atom is -0.462 e. The van der Waals surface area contributed by atoms with E-state index in [9.17, 15) is 14.4 Å². The highest BCUT2D eigenvalue weighted by molar-refractivity contribution is 6.41. The van der Waals surface area contributed by atoms with Crippen LogP contribution < -0.4 is 0 Å². The van der Waals surface area contributed by atoms with Gasteiger partial charge in [-0.3, -0.25) is 14.6 Å². The summed E-state index contributed by atoms with van der Waals surface area (Å²) in [5.74, 6) is -2.96. The zero-order valence-electron chi connectivity index (χ0n) is 15.0. The Kier molecular flexibility index (Phi) is 8.75. The third-order valence-electron chi connectivity index (χ3n) is 3.12. The van der Waals surface area contributed by atoms with Crippen LogP contribution in [-0.2, 0) is 19.1 Å². The molecule has 1 atom stereocenters. The molecule has 0 fully saturated rings. The molecule has 0 aliphatic rings. The number of nitrogens with zero attached hydrogens (tertiary/aromatic N) is 1. The molecule has 0 aliphatic heterocycles. The second kappa shape index (κ2) is 10.3. The van der Waals surface area contributed by atoms with E-state index in [1.807, 2.05) is 6.92 Å². The minimum atomic E-state index is -1.17. The molecule has 1 unspecified atom stereocenters. The first kappa shape index (κ1) is 22.1. The molecule has 142 valence electrons. The Bertz CT molecular complexity index is 716. The Morgan fingerprint density at radius 3 is 2.42 bits per heavy atom. The zero-order valence-corrected chi connectivity index (χ0v) is 16.6. The second-order valence-corrected chi connectivity index (χ2v) is 6.53. The SMILES string of the molecule is CCCOC(=O)c1c(Cl)ccc(N=CC(C(C)=O)C(=O)OC(C)C)c1Cl. The van der Waals surface area contributed by atoms with E-state index in [0.29, 0.717) is 6.42 Å². The van der Waals surface area contributed by atoms with Gasteiger partial charge < -0.3 is 9.47 Å². The van der Waals surface area contributed by atoms with Crippen LogP contribution in [0.5, 0.6) is 0 Å². The molecular formula is C18H21Cl2NO5. The predicted octanol–water partition coefficient (Wildman–Crippen LogP) is 4.42. The van der Waals surface area contributed by atoms with Gasteiger partial charge in [0.1, 0.15) is 5.78 Å². The number of benzene rings is 1. The number of carbonyl (C=O) groups is 3. The molecule has 0 aromatic heterocycles. The van der Waals surface area contributed by atoms with Crippen LogP contribution in [0.25, 0.3) is 0 Å². The van der Waals surface area contributed by atoms with Crippen LogP contribution in [0.15, 0.2) is 17.1 Å². The summed E-state index contributed by atoms with van der Waals surface area (Å²) in [6.07, 6.45) is 1.43. The van der Waals surface area contributed by atoms with Crippen LogP contribution in [0.1, 0.15) is 44.5 Å².